The largest absolute Gasteiger partial charge is 0.308 e. The molecule has 0 bridgehead atoms. The summed E-state index contributed by atoms with van der Waals surface area (Å²) in [5.74, 6) is 1.19. The van der Waals surface area contributed by atoms with Gasteiger partial charge in [-0.1, -0.05) is 37.6 Å². The molecule has 0 radical (unpaired) electrons. The van der Waals surface area contributed by atoms with Crippen LogP contribution in [-0.2, 0) is 6.54 Å². The number of rotatable bonds is 5. The summed E-state index contributed by atoms with van der Waals surface area (Å²) in [6, 6.07) is 8.23. The zero-order chi connectivity index (χ0) is 11.3. The van der Waals surface area contributed by atoms with Gasteiger partial charge in [-0.3, -0.25) is 0 Å². The first kappa shape index (κ1) is 12.8. The summed E-state index contributed by atoms with van der Waals surface area (Å²) in [6.07, 6.45) is 0. The first-order valence-electron chi connectivity index (χ1n) is 5.17. The highest BCUT2D eigenvalue weighted by atomic mass is 35.5. The molecule has 3 heteroatoms. The number of hydrogen-bond donors (Lipinski definition) is 1. The van der Waals surface area contributed by atoms with Crippen LogP contribution in [0.4, 0.5) is 0 Å². The Morgan fingerprint density at radius 2 is 1.80 bits per heavy atom. The fourth-order valence-corrected chi connectivity index (χ4v) is 1.91. The van der Waals surface area contributed by atoms with E-state index in [9.17, 15) is 0 Å². The van der Waals surface area contributed by atoms with Crippen molar-refractivity contribution in [2.24, 2.45) is 5.92 Å². The SMILES string of the molecule is CC(C)C(CCl)NCc1ccc(Cl)cc1. The molecule has 0 aliphatic rings. The number of hydrogen-bond acceptors (Lipinski definition) is 1. The van der Waals surface area contributed by atoms with Crippen molar-refractivity contribution in [2.45, 2.75) is 26.4 Å². The highest BCUT2D eigenvalue weighted by Gasteiger charge is 2.10. The van der Waals surface area contributed by atoms with Crippen molar-refractivity contribution in [3.63, 3.8) is 0 Å². The molecule has 1 nitrogen and oxygen atoms in total. The smallest absolute Gasteiger partial charge is 0.0406 e. The third kappa shape index (κ3) is 4.42. The molecule has 0 heterocycles. The van der Waals surface area contributed by atoms with Crippen molar-refractivity contribution in [3.8, 4) is 0 Å². The van der Waals surface area contributed by atoms with Gasteiger partial charge in [-0.15, -0.1) is 11.6 Å². The van der Waals surface area contributed by atoms with Crippen molar-refractivity contribution >= 4 is 23.2 Å². The number of benzene rings is 1. The lowest BCUT2D eigenvalue weighted by atomic mass is 10.1. The van der Waals surface area contributed by atoms with Crippen molar-refractivity contribution < 1.29 is 0 Å². The van der Waals surface area contributed by atoms with Crippen LogP contribution in [0.3, 0.4) is 0 Å². The van der Waals surface area contributed by atoms with E-state index < -0.39 is 0 Å². The molecule has 0 amide bonds. The summed E-state index contributed by atoms with van der Waals surface area (Å²) in [5, 5.41) is 4.20. The Balaban J connectivity index is 2.45. The Kier molecular flexibility index (Phi) is 5.44. The third-order valence-electron chi connectivity index (χ3n) is 2.45. The quantitative estimate of drug-likeness (QED) is 0.781. The highest BCUT2D eigenvalue weighted by Crippen LogP contribution is 2.10. The van der Waals surface area contributed by atoms with Gasteiger partial charge in [0.15, 0.2) is 0 Å². The number of nitrogens with one attached hydrogen (secondary N) is 1. The molecular weight excluding hydrogens is 229 g/mol. The summed E-state index contributed by atoms with van der Waals surface area (Å²) in [5.41, 5.74) is 1.23. The Bertz CT molecular complexity index is 282. The highest BCUT2D eigenvalue weighted by molar-refractivity contribution is 6.30. The molecule has 0 aromatic heterocycles. The van der Waals surface area contributed by atoms with Crippen molar-refractivity contribution in [1.29, 1.82) is 0 Å². The van der Waals surface area contributed by atoms with Crippen molar-refractivity contribution in [3.05, 3.63) is 34.9 Å². The second kappa shape index (κ2) is 6.37. The van der Waals surface area contributed by atoms with Gasteiger partial charge in [0, 0.05) is 23.5 Å². The van der Waals surface area contributed by atoms with Crippen LogP contribution in [0.2, 0.25) is 5.02 Å². The molecule has 1 atom stereocenters. The van der Waals surface area contributed by atoms with Crippen LogP contribution in [0.25, 0.3) is 0 Å². The first-order chi connectivity index (χ1) is 7.13. The molecule has 0 fully saturated rings. The standard InChI is InChI=1S/C12H17Cl2N/c1-9(2)12(7-13)15-8-10-3-5-11(14)6-4-10/h3-6,9,12,15H,7-8H2,1-2H3. The molecule has 1 aromatic carbocycles. The average molecular weight is 246 g/mol. The third-order valence-corrected chi connectivity index (χ3v) is 3.04. The Morgan fingerprint density at radius 1 is 1.20 bits per heavy atom. The van der Waals surface area contributed by atoms with E-state index in [-0.39, 0.29) is 0 Å². The minimum absolute atomic E-state index is 0.363. The van der Waals surface area contributed by atoms with Gasteiger partial charge in [-0.25, -0.2) is 0 Å². The van der Waals surface area contributed by atoms with E-state index >= 15 is 0 Å². The summed E-state index contributed by atoms with van der Waals surface area (Å²) >= 11 is 11.7. The van der Waals surface area contributed by atoms with E-state index in [0.29, 0.717) is 17.8 Å². The van der Waals surface area contributed by atoms with E-state index in [1.54, 1.807) is 0 Å². The van der Waals surface area contributed by atoms with Crippen molar-refractivity contribution in [1.82, 2.24) is 5.32 Å². The Labute approximate surface area is 102 Å². The molecular formula is C12H17Cl2N. The average Bonchev–Trinajstić information content (AvgIpc) is 2.21. The molecule has 1 unspecified atom stereocenters. The van der Waals surface area contributed by atoms with E-state index in [0.717, 1.165) is 11.6 Å². The van der Waals surface area contributed by atoms with Gasteiger partial charge in [-0.05, 0) is 23.6 Å². The van der Waals surface area contributed by atoms with Gasteiger partial charge in [-0.2, -0.15) is 0 Å². The Morgan fingerprint density at radius 3 is 2.27 bits per heavy atom. The molecule has 0 saturated heterocycles. The molecule has 1 aromatic rings. The topological polar surface area (TPSA) is 12.0 Å². The van der Waals surface area contributed by atoms with Gasteiger partial charge < -0.3 is 5.32 Å². The van der Waals surface area contributed by atoms with Crippen LogP contribution >= 0.6 is 23.2 Å². The molecule has 15 heavy (non-hydrogen) atoms. The van der Waals surface area contributed by atoms with Crippen LogP contribution in [0.15, 0.2) is 24.3 Å². The van der Waals surface area contributed by atoms with E-state index in [1.165, 1.54) is 5.56 Å². The van der Waals surface area contributed by atoms with Crippen LogP contribution in [-0.4, -0.2) is 11.9 Å². The molecule has 1 rings (SSSR count). The zero-order valence-electron chi connectivity index (χ0n) is 9.13. The van der Waals surface area contributed by atoms with Crippen molar-refractivity contribution in [2.75, 3.05) is 5.88 Å². The minimum atomic E-state index is 0.363. The maximum absolute atomic E-state index is 5.87. The second-order valence-electron chi connectivity index (χ2n) is 4.01. The monoisotopic (exact) mass is 245 g/mol. The predicted octanol–water partition coefficient (Wildman–Crippen LogP) is 3.69. The van der Waals surface area contributed by atoms with Gasteiger partial charge in [0.1, 0.15) is 0 Å². The molecule has 0 aliphatic carbocycles. The lowest BCUT2D eigenvalue weighted by molar-refractivity contribution is 0.430. The molecule has 0 spiro atoms. The lowest BCUT2D eigenvalue weighted by Crippen LogP contribution is -2.34. The maximum Gasteiger partial charge on any atom is 0.0406 e. The van der Waals surface area contributed by atoms with Gasteiger partial charge in [0.05, 0.1) is 0 Å². The van der Waals surface area contributed by atoms with Crippen LogP contribution in [0, 0.1) is 5.92 Å². The van der Waals surface area contributed by atoms with E-state index in [4.69, 9.17) is 23.2 Å². The second-order valence-corrected chi connectivity index (χ2v) is 4.76. The number of alkyl halides is 1. The molecule has 0 aliphatic heterocycles. The van der Waals surface area contributed by atoms with E-state index in [1.807, 2.05) is 24.3 Å². The fraction of sp³-hybridized carbons (Fsp3) is 0.500. The number of halogens is 2. The summed E-state index contributed by atoms with van der Waals surface area (Å²) in [7, 11) is 0. The van der Waals surface area contributed by atoms with Crippen LogP contribution < -0.4 is 5.32 Å². The van der Waals surface area contributed by atoms with Gasteiger partial charge >= 0.3 is 0 Å². The van der Waals surface area contributed by atoms with Gasteiger partial charge in [0.2, 0.25) is 0 Å². The molecule has 84 valence electrons. The van der Waals surface area contributed by atoms with E-state index in [2.05, 4.69) is 19.2 Å². The summed E-state index contributed by atoms with van der Waals surface area (Å²) < 4.78 is 0. The fourth-order valence-electron chi connectivity index (χ4n) is 1.32. The lowest BCUT2D eigenvalue weighted by Gasteiger charge is -2.19. The maximum atomic E-state index is 5.87. The first-order valence-corrected chi connectivity index (χ1v) is 6.08. The summed E-state index contributed by atoms with van der Waals surface area (Å²) in [6.45, 7) is 5.18. The Hall–Kier alpha value is -0.240. The summed E-state index contributed by atoms with van der Waals surface area (Å²) in [4.78, 5) is 0. The normalized spacial score (nSPS) is 13.1. The predicted molar refractivity (Wildman–Crippen MR) is 67.6 cm³/mol. The van der Waals surface area contributed by atoms with Gasteiger partial charge in [0.25, 0.3) is 0 Å². The minimum Gasteiger partial charge on any atom is -0.308 e. The molecule has 0 saturated carbocycles. The van der Waals surface area contributed by atoms with Crippen LogP contribution in [0.1, 0.15) is 19.4 Å². The molecule has 1 N–H and O–H groups in total. The van der Waals surface area contributed by atoms with Crippen LogP contribution in [0.5, 0.6) is 0 Å². The zero-order valence-corrected chi connectivity index (χ0v) is 10.6.